The molecule has 0 atom stereocenters. The number of hydrogen-bond acceptors (Lipinski definition) is 2. The van der Waals surface area contributed by atoms with Crippen molar-refractivity contribution in [3.05, 3.63) is 56.2 Å². The summed E-state index contributed by atoms with van der Waals surface area (Å²) in [6, 6.07) is 8.92. The van der Waals surface area contributed by atoms with Crippen molar-refractivity contribution in [2.45, 2.75) is 19.4 Å². The predicted octanol–water partition coefficient (Wildman–Crippen LogP) is 4.72. The molecule has 0 bridgehead atoms. The fourth-order valence-electron chi connectivity index (χ4n) is 1.82. The van der Waals surface area contributed by atoms with Crippen molar-refractivity contribution in [2.75, 3.05) is 0 Å². The van der Waals surface area contributed by atoms with E-state index in [-0.39, 0.29) is 5.91 Å². The van der Waals surface area contributed by atoms with Gasteiger partial charge in [0.2, 0.25) is 0 Å². The molecule has 0 saturated heterocycles. The van der Waals surface area contributed by atoms with Crippen LogP contribution in [0, 0.1) is 0 Å². The summed E-state index contributed by atoms with van der Waals surface area (Å²) in [4.78, 5) is 12.8. The number of amides is 1. The first kappa shape index (κ1) is 14.4. The molecule has 19 heavy (non-hydrogen) atoms. The van der Waals surface area contributed by atoms with Crippen LogP contribution in [0.5, 0.6) is 0 Å². The maximum Gasteiger partial charge on any atom is 0.262 e. The van der Waals surface area contributed by atoms with Crippen LogP contribution in [0.25, 0.3) is 0 Å². The molecule has 0 unspecified atom stereocenters. The lowest BCUT2D eigenvalue weighted by atomic mass is 9.94. The molecule has 2 aromatic rings. The first-order chi connectivity index (χ1) is 8.90. The molecule has 2 nitrogen and oxygen atoms in total. The monoisotopic (exact) mass is 313 g/mol. The van der Waals surface area contributed by atoms with E-state index < -0.39 is 5.54 Å². The summed E-state index contributed by atoms with van der Waals surface area (Å²) in [7, 11) is 0. The van der Waals surface area contributed by atoms with E-state index in [4.69, 9.17) is 23.2 Å². The summed E-state index contributed by atoms with van der Waals surface area (Å²) in [6.45, 7) is 3.82. The number of thiophene rings is 1. The van der Waals surface area contributed by atoms with E-state index in [1.165, 1.54) is 11.3 Å². The fourth-order valence-corrected chi connectivity index (χ4v) is 3.08. The minimum absolute atomic E-state index is 0.106. The summed E-state index contributed by atoms with van der Waals surface area (Å²) in [6.07, 6.45) is 0. The van der Waals surface area contributed by atoms with Crippen molar-refractivity contribution < 1.29 is 4.79 Å². The second-order valence-corrected chi connectivity index (χ2v) is 6.47. The number of halogens is 2. The predicted molar refractivity (Wildman–Crippen MR) is 81.3 cm³/mol. The molecule has 100 valence electrons. The molecule has 0 fully saturated rings. The zero-order valence-electron chi connectivity index (χ0n) is 10.5. The lowest BCUT2D eigenvalue weighted by Gasteiger charge is -2.27. The molecular formula is C14H13Cl2NOS. The quantitative estimate of drug-likeness (QED) is 0.872. The molecule has 0 aliphatic carbocycles. The van der Waals surface area contributed by atoms with Crippen LogP contribution >= 0.6 is 34.5 Å². The van der Waals surface area contributed by atoms with Gasteiger partial charge in [0.1, 0.15) is 0 Å². The van der Waals surface area contributed by atoms with Crippen LogP contribution in [-0.4, -0.2) is 5.91 Å². The first-order valence-electron chi connectivity index (χ1n) is 5.72. The number of carbonyl (C=O) groups excluding carboxylic acids is 1. The van der Waals surface area contributed by atoms with E-state index in [1.54, 1.807) is 18.2 Å². The minimum Gasteiger partial charge on any atom is -0.342 e. The third-order valence-electron chi connectivity index (χ3n) is 2.78. The van der Waals surface area contributed by atoms with Crippen molar-refractivity contribution in [2.24, 2.45) is 0 Å². The van der Waals surface area contributed by atoms with Crippen molar-refractivity contribution in [1.29, 1.82) is 0 Å². The topological polar surface area (TPSA) is 29.1 Å². The van der Waals surface area contributed by atoms with Crippen LogP contribution in [0.15, 0.2) is 35.7 Å². The van der Waals surface area contributed by atoms with Crippen molar-refractivity contribution in [3.8, 4) is 0 Å². The Bertz CT molecular complexity index is 593. The third-order valence-corrected chi connectivity index (χ3v) is 4.19. The summed E-state index contributed by atoms with van der Waals surface area (Å²) in [5, 5.41) is 5.97. The van der Waals surface area contributed by atoms with Gasteiger partial charge in [-0.3, -0.25) is 4.79 Å². The lowest BCUT2D eigenvalue weighted by molar-refractivity contribution is 0.0916. The van der Waals surface area contributed by atoms with Crippen LogP contribution in [0.2, 0.25) is 10.0 Å². The molecule has 0 aliphatic heterocycles. The summed E-state index contributed by atoms with van der Waals surface area (Å²) in [5.41, 5.74) is 0.270. The zero-order valence-corrected chi connectivity index (χ0v) is 12.9. The van der Waals surface area contributed by atoms with E-state index in [0.29, 0.717) is 14.9 Å². The van der Waals surface area contributed by atoms with Crippen LogP contribution in [0.3, 0.4) is 0 Å². The molecule has 1 N–H and O–H groups in total. The van der Waals surface area contributed by atoms with Gasteiger partial charge in [-0.1, -0.05) is 35.3 Å². The summed E-state index contributed by atoms with van der Waals surface area (Å²) < 4.78 is 0. The van der Waals surface area contributed by atoms with Gasteiger partial charge in [-0.2, -0.15) is 0 Å². The molecular weight excluding hydrogens is 301 g/mol. The van der Waals surface area contributed by atoms with E-state index in [1.807, 2.05) is 31.4 Å². The van der Waals surface area contributed by atoms with Crippen LogP contribution < -0.4 is 5.32 Å². The van der Waals surface area contributed by atoms with Crippen LogP contribution in [0.4, 0.5) is 0 Å². The average molecular weight is 314 g/mol. The average Bonchev–Trinajstić information content (AvgIpc) is 2.80. The minimum atomic E-state index is -0.567. The van der Waals surface area contributed by atoms with Crippen molar-refractivity contribution >= 4 is 40.4 Å². The first-order valence-corrected chi connectivity index (χ1v) is 7.35. The summed E-state index contributed by atoms with van der Waals surface area (Å²) >= 11 is 13.5. The van der Waals surface area contributed by atoms with Gasteiger partial charge in [0.15, 0.2) is 0 Å². The highest BCUT2D eigenvalue weighted by Crippen LogP contribution is 2.30. The molecule has 5 heteroatoms. The molecule has 2 rings (SSSR count). The van der Waals surface area contributed by atoms with E-state index in [9.17, 15) is 4.79 Å². The molecule has 1 aromatic heterocycles. The van der Waals surface area contributed by atoms with Gasteiger partial charge in [-0.15, -0.1) is 11.3 Å². The maximum atomic E-state index is 12.1. The Balaban J connectivity index is 2.25. The molecule has 1 aromatic carbocycles. The van der Waals surface area contributed by atoms with Gasteiger partial charge in [-0.05, 0) is 43.0 Å². The molecule has 0 aliphatic rings. The van der Waals surface area contributed by atoms with Gasteiger partial charge in [0.25, 0.3) is 5.91 Å². The molecule has 0 radical (unpaired) electrons. The maximum absolute atomic E-state index is 12.1. The highest BCUT2D eigenvalue weighted by Gasteiger charge is 2.26. The Hall–Kier alpha value is -1.03. The van der Waals surface area contributed by atoms with E-state index in [2.05, 4.69) is 5.32 Å². The summed E-state index contributed by atoms with van der Waals surface area (Å²) in [5.74, 6) is -0.106. The second-order valence-electron chi connectivity index (χ2n) is 4.68. The second kappa shape index (κ2) is 5.53. The number of carbonyl (C=O) groups is 1. The van der Waals surface area contributed by atoms with Crippen LogP contribution in [-0.2, 0) is 5.54 Å². The lowest BCUT2D eigenvalue weighted by Crippen LogP contribution is -2.40. The normalized spacial score (nSPS) is 11.4. The zero-order chi connectivity index (χ0) is 14.0. The Labute approximate surface area is 126 Å². The number of nitrogens with one attached hydrogen (secondary N) is 1. The van der Waals surface area contributed by atoms with Crippen LogP contribution in [0.1, 0.15) is 29.1 Å². The van der Waals surface area contributed by atoms with E-state index >= 15 is 0 Å². The largest absolute Gasteiger partial charge is 0.342 e. The standard InChI is InChI=1S/C14H13Cl2NOS/c1-14(2,10-6-5-9(15)8-11(10)16)17-13(18)12-4-3-7-19-12/h3-8H,1-2H3,(H,17,18). The van der Waals surface area contributed by atoms with Crippen molar-refractivity contribution in [1.82, 2.24) is 5.32 Å². The van der Waals surface area contributed by atoms with E-state index in [0.717, 1.165) is 5.56 Å². The Morgan fingerprint density at radius 3 is 2.58 bits per heavy atom. The fraction of sp³-hybridized carbons (Fsp3) is 0.214. The highest BCUT2D eigenvalue weighted by molar-refractivity contribution is 7.12. The number of hydrogen-bond donors (Lipinski definition) is 1. The van der Waals surface area contributed by atoms with Gasteiger partial charge in [0, 0.05) is 10.0 Å². The van der Waals surface area contributed by atoms with Gasteiger partial charge >= 0.3 is 0 Å². The number of benzene rings is 1. The van der Waals surface area contributed by atoms with Crippen molar-refractivity contribution in [3.63, 3.8) is 0 Å². The van der Waals surface area contributed by atoms with Gasteiger partial charge < -0.3 is 5.32 Å². The van der Waals surface area contributed by atoms with Gasteiger partial charge in [-0.25, -0.2) is 0 Å². The Kier molecular flexibility index (Phi) is 4.19. The molecule has 0 saturated carbocycles. The Morgan fingerprint density at radius 2 is 2.00 bits per heavy atom. The number of rotatable bonds is 3. The third kappa shape index (κ3) is 3.30. The highest BCUT2D eigenvalue weighted by atomic mass is 35.5. The SMILES string of the molecule is CC(C)(NC(=O)c1cccs1)c1ccc(Cl)cc1Cl. The van der Waals surface area contributed by atoms with Gasteiger partial charge in [0.05, 0.1) is 10.4 Å². The molecule has 1 amide bonds. The smallest absolute Gasteiger partial charge is 0.262 e. The molecule has 0 spiro atoms. The molecule has 1 heterocycles. The Morgan fingerprint density at radius 1 is 1.26 bits per heavy atom.